The van der Waals surface area contributed by atoms with Crippen LogP contribution in [0.4, 0.5) is 5.69 Å². The normalized spacial score (nSPS) is 9.93. The predicted molar refractivity (Wildman–Crippen MR) is 62.7 cm³/mol. The fourth-order valence-corrected chi connectivity index (χ4v) is 1.44. The zero-order valence-electron chi connectivity index (χ0n) is 7.95. The average molecular weight is 306 g/mol. The quantitative estimate of drug-likeness (QED) is 0.512. The number of nitrogens with two attached hydrogens (primary N) is 1. The maximum atomic E-state index is 11.6. The van der Waals surface area contributed by atoms with Crippen molar-refractivity contribution in [1.82, 2.24) is 5.06 Å². The first-order valence-electron chi connectivity index (χ1n) is 3.93. The molecule has 76 valence electrons. The van der Waals surface area contributed by atoms with Gasteiger partial charge in [0.1, 0.15) is 0 Å². The molecule has 0 unspecified atom stereocenters. The Bertz CT molecular complexity index is 355. The number of nitrogens with zero attached hydrogens (tertiary/aromatic N) is 1. The molecule has 5 heteroatoms. The van der Waals surface area contributed by atoms with E-state index in [1.807, 2.05) is 0 Å². The van der Waals surface area contributed by atoms with E-state index in [0.717, 1.165) is 3.57 Å². The summed E-state index contributed by atoms with van der Waals surface area (Å²) in [6.07, 6.45) is 0. The lowest BCUT2D eigenvalue weighted by atomic mass is 10.2. The maximum absolute atomic E-state index is 11.6. The molecule has 0 radical (unpaired) electrons. The summed E-state index contributed by atoms with van der Waals surface area (Å²) in [6, 6.07) is 5.11. The van der Waals surface area contributed by atoms with Gasteiger partial charge in [-0.05, 0) is 40.8 Å². The van der Waals surface area contributed by atoms with E-state index in [1.54, 1.807) is 25.2 Å². The number of anilines is 1. The topological polar surface area (TPSA) is 55.6 Å². The first-order chi connectivity index (χ1) is 6.56. The Hall–Kier alpha value is -0.820. The van der Waals surface area contributed by atoms with Crippen LogP contribution in [-0.4, -0.2) is 25.1 Å². The highest BCUT2D eigenvalue weighted by atomic mass is 127. The Balaban J connectivity index is 2.97. The molecule has 1 aromatic rings. The van der Waals surface area contributed by atoms with Crippen molar-refractivity contribution >= 4 is 34.2 Å². The molecule has 0 bridgehead atoms. The van der Waals surface area contributed by atoms with E-state index in [0.29, 0.717) is 11.3 Å². The Labute approximate surface area is 96.1 Å². The van der Waals surface area contributed by atoms with Gasteiger partial charge in [-0.3, -0.25) is 9.63 Å². The minimum absolute atomic E-state index is 0.189. The summed E-state index contributed by atoms with van der Waals surface area (Å²) in [5, 5.41) is 1.17. The maximum Gasteiger partial charge on any atom is 0.277 e. The Morgan fingerprint density at radius 3 is 2.71 bits per heavy atom. The molecule has 0 spiro atoms. The van der Waals surface area contributed by atoms with Crippen molar-refractivity contribution in [3.63, 3.8) is 0 Å². The van der Waals surface area contributed by atoms with E-state index in [9.17, 15) is 4.79 Å². The summed E-state index contributed by atoms with van der Waals surface area (Å²) in [5.74, 6) is -0.189. The molecule has 2 N–H and O–H groups in total. The monoisotopic (exact) mass is 306 g/mol. The summed E-state index contributed by atoms with van der Waals surface area (Å²) < 4.78 is 0.859. The number of amides is 1. The molecule has 0 heterocycles. The van der Waals surface area contributed by atoms with Crippen LogP contribution in [-0.2, 0) is 4.84 Å². The van der Waals surface area contributed by atoms with E-state index in [4.69, 9.17) is 10.6 Å². The molecule has 0 aliphatic rings. The van der Waals surface area contributed by atoms with Crippen molar-refractivity contribution in [3.8, 4) is 0 Å². The van der Waals surface area contributed by atoms with E-state index in [1.165, 1.54) is 12.2 Å². The minimum Gasteiger partial charge on any atom is -0.398 e. The number of hydrogen-bond acceptors (Lipinski definition) is 3. The van der Waals surface area contributed by atoms with Gasteiger partial charge in [-0.15, -0.1) is 0 Å². The third-order valence-electron chi connectivity index (χ3n) is 1.81. The molecule has 0 aliphatic heterocycles. The molecule has 14 heavy (non-hydrogen) atoms. The fourth-order valence-electron chi connectivity index (χ4n) is 0.925. The van der Waals surface area contributed by atoms with Gasteiger partial charge in [0.25, 0.3) is 5.91 Å². The van der Waals surface area contributed by atoms with Crippen molar-refractivity contribution in [3.05, 3.63) is 27.3 Å². The Kier molecular flexibility index (Phi) is 3.70. The van der Waals surface area contributed by atoms with Crippen LogP contribution >= 0.6 is 22.6 Å². The van der Waals surface area contributed by atoms with Crippen molar-refractivity contribution < 1.29 is 9.63 Å². The molecule has 1 amide bonds. The number of benzene rings is 1. The highest BCUT2D eigenvalue weighted by molar-refractivity contribution is 14.1. The number of carbonyl (C=O) groups excluding carboxylic acids is 1. The van der Waals surface area contributed by atoms with Crippen LogP contribution in [0.15, 0.2) is 18.2 Å². The van der Waals surface area contributed by atoms with Crippen LogP contribution in [0.25, 0.3) is 0 Å². The van der Waals surface area contributed by atoms with Crippen molar-refractivity contribution in [2.24, 2.45) is 0 Å². The lowest BCUT2D eigenvalue weighted by Crippen LogP contribution is -2.25. The Morgan fingerprint density at radius 1 is 1.57 bits per heavy atom. The second-order valence-electron chi connectivity index (χ2n) is 2.72. The summed E-state index contributed by atoms with van der Waals surface area (Å²) >= 11 is 2.08. The van der Waals surface area contributed by atoms with E-state index >= 15 is 0 Å². The van der Waals surface area contributed by atoms with Gasteiger partial charge in [0, 0.05) is 21.9 Å². The van der Waals surface area contributed by atoms with Crippen LogP contribution in [0.5, 0.6) is 0 Å². The first kappa shape index (κ1) is 11.3. The van der Waals surface area contributed by atoms with Gasteiger partial charge in [0.05, 0.1) is 7.11 Å². The van der Waals surface area contributed by atoms with Crippen LogP contribution in [0.3, 0.4) is 0 Å². The molecule has 0 fully saturated rings. The molecular formula is C9H11IN2O2. The third-order valence-corrected chi connectivity index (χ3v) is 2.74. The zero-order valence-corrected chi connectivity index (χ0v) is 10.1. The molecule has 0 aliphatic carbocycles. The summed E-state index contributed by atoms with van der Waals surface area (Å²) in [6.45, 7) is 0. The highest BCUT2D eigenvalue weighted by Crippen LogP contribution is 2.17. The Morgan fingerprint density at radius 2 is 2.21 bits per heavy atom. The fraction of sp³-hybridized carbons (Fsp3) is 0.222. The number of hydroxylamine groups is 2. The molecule has 0 aromatic heterocycles. The van der Waals surface area contributed by atoms with Gasteiger partial charge in [-0.25, -0.2) is 5.06 Å². The average Bonchev–Trinajstić information content (AvgIpc) is 2.20. The van der Waals surface area contributed by atoms with Gasteiger partial charge >= 0.3 is 0 Å². The number of hydrogen-bond donors (Lipinski definition) is 1. The van der Waals surface area contributed by atoms with Crippen molar-refractivity contribution in [2.75, 3.05) is 19.9 Å². The van der Waals surface area contributed by atoms with Gasteiger partial charge in [0.15, 0.2) is 0 Å². The SMILES string of the molecule is CON(C)C(=O)c1ccc(N)c(I)c1. The summed E-state index contributed by atoms with van der Waals surface area (Å²) in [7, 11) is 3.01. The van der Waals surface area contributed by atoms with Gasteiger partial charge in [0.2, 0.25) is 0 Å². The molecule has 0 saturated heterocycles. The minimum atomic E-state index is -0.189. The number of halogens is 1. The van der Waals surface area contributed by atoms with E-state index in [-0.39, 0.29) is 5.91 Å². The summed E-state index contributed by atoms with van der Waals surface area (Å²) in [4.78, 5) is 16.4. The number of nitrogen functional groups attached to an aromatic ring is 1. The molecular weight excluding hydrogens is 295 g/mol. The lowest BCUT2D eigenvalue weighted by Gasteiger charge is -2.13. The van der Waals surface area contributed by atoms with Crippen LogP contribution in [0.1, 0.15) is 10.4 Å². The molecule has 0 atom stereocenters. The van der Waals surface area contributed by atoms with Crippen molar-refractivity contribution in [1.29, 1.82) is 0 Å². The summed E-state index contributed by atoms with van der Waals surface area (Å²) in [5.41, 5.74) is 6.87. The van der Waals surface area contributed by atoms with Crippen LogP contribution < -0.4 is 5.73 Å². The van der Waals surface area contributed by atoms with Crippen LogP contribution in [0, 0.1) is 3.57 Å². The molecule has 1 aromatic carbocycles. The largest absolute Gasteiger partial charge is 0.398 e. The van der Waals surface area contributed by atoms with E-state index < -0.39 is 0 Å². The third kappa shape index (κ3) is 2.36. The van der Waals surface area contributed by atoms with Gasteiger partial charge < -0.3 is 5.73 Å². The standard InChI is InChI=1S/C9H11IN2O2/c1-12(14-2)9(13)6-3-4-8(11)7(10)5-6/h3-5H,11H2,1-2H3. The second kappa shape index (κ2) is 4.61. The molecule has 0 saturated carbocycles. The zero-order chi connectivity index (χ0) is 10.7. The molecule has 4 nitrogen and oxygen atoms in total. The predicted octanol–water partition coefficient (Wildman–Crippen LogP) is 1.51. The number of carbonyl (C=O) groups is 1. The van der Waals surface area contributed by atoms with Gasteiger partial charge in [-0.2, -0.15) is 0 Å². The van der Waals surface area contributed by atoms with E-state index in [2.05, 4.69) is 22.6 Å². The first-order valence-corrected chi connectivity index (χ1v) is 5.01. The second-order valence-corrected chi connectivity index (χ2v) is 3.88. The van der Waals surface area contributed by atoms with Crippen molar-refractivity contribution in [2.45, 2.75) is 0 Å². The smallest absolute Gasteiger partial charge is 0.277 e. The molecule has 1 rings (SSSR count). The number of rotatable bonds is 2. The van der Waals surface area contributed by atoms with Crippen LogP contribution in [0.2, 0.25) is 0 Å². The highest BCUT2D eigenvalue weighted by Gasteiger charge is 2.11. The van der Waals surface area contributed by atoms with Gasteiger partial charge in [-0.1, -0.05) is 0 Å². The lowest BCUT2D eigenvalue weighted by molar-refractivity contribution is -0.0757.